The van der Waals surface area contributed by atoms with Gasteiger partial charge in [0.2, 0.25) is 0 Å². The van der Waals surface area contributed by atoms with Gasteiger partial charge in [-0.05, 0) is 43.4 Å². The predicted molar refractivity (Wildman–Crippen MR) is 63.0 cm³/mol. The Morgan fingerprint density at radius 3 is 3.07 bits per heavy atom. The van der Waals surface area contributed by atoms with Crippen molar-refractivity contribution in [2.75, 3.05) is 6.54 Å². The van der Waals surface area contributed by atoms with Gasteiger partial charge in [0.25, 0.3) is 0 Å². The van der Waals surface area contributed by atoms with Crippen molar-refractivity contribution in [2.45, 2.75) is 25.2 Å². The van der Waals surface area contributed by atoms with Crippen molar-refractivity contribution < 1.29 is 0 Å². The number of rotatable bonds is 1. The second-order valence-corrected chi connectivity index (χ2v) is 4.39. The molecule has 0 bridgehead atoms. The maximum atomic E-state index is 5.85. The molecule has 0 radical (unpaired) electrons. The van der Waals surface area contributed by atoms with Gasteiger partial charge in [0, 0.05) is 16.6 Å². The minimum atomic E-state index is 0.560. The normalized spacial score (nSPS) is 20.5. The largest absolute Gasteiger partial charge is 0.358 e. The van der Waals surface area contributed by atoms with E-state index in [2.05, 4.69) is 29.2 Å². The van der Waals surface area contributed by atoms with Gasteiger partial charge >= 0.3 is 0 Å². The van der Waals surface area contributed by atoms with Crippen LogP contribution >= 0.6 is 0 Å². The molecule has 1 unspecified atom stereocenters. The first-order valence-electron chi connectivity index (χ1n) is 5.69. The average molecular weight is 200 g/mol. The molecule has 15 heavy (non-hydrogen) atoms. The summed E-state index contributed by atoms with van der Waals surface area (Å²) in [7, 11) is 0. The minimum absolute atomic E-state index is 0.560. The van der Waals surface area contributed by atoms with Crippen LogP contribution in [-0.2, 0) is 6.42 Å². The van der Waals surface area contributed by atoms with E-state index in [1.807, 2.05) is 0 Å². The van der Waals surface area contributed by atoms with E-state index in [-0.39, 0.29) is 0 Å². The van der Waals surface area contributed by atoms with Crippen molar-refractivity contribution in [3.63, 3.8) is 0 Å². The summed E-state index contributed by atoms with van der Waals surface area (Å²) in [5.41, 5.74) is 10.0. The molecule has 0 saturated heterocycles. The van der Waals surface area contributed by atoms with Gasteiger partial charge in [0.05, 0.1) is 0 Å². The van der Waals surface area contributed by atoms with E-state index in [4.69, 9.17) is 5.73 Å². The third kappa shape index (κ3) is 1.29. The second kappa shape index (κ2) is 3.38. The number of aromatic nitrogens is 1. The molecule has 1 aromatic heterocycles. The van der Waals surface area contributed by atoms with Gasteiger partial charge in [-0.3, -0.25) is 0 Å². The molecule has 3 N–H and O–H groups in total. The van der Waals surface area contributed by atoms with Crippen LogP contribution in [0.2, 0.25) is 0 Å². The van der Waals surface area contributed by atoms with E-state index < -0.39 is 0 Å². The molecule has 2 nitrogen and oxygen atoms in total. The first-order valence-corrected chi connectivity index (χ1v) is 5.69. The van der Waals surface area contributed by atoms with E-state index in [0.717, 1.165) is 6.54 Å². The van der Waals surface area contributed by atoms with Crippen LogP contribution in [0.15, 0.2) is 24.3 Å². The molecule has 1 heterocycles. The van der Waals surface area contributed by atoms with Crippen molar-refractivity contribution >= 4 is 10.9 Å². The molecule has 78 valence electrons. The zero-order chi connectivity index (χ0) is 10.3. The van der Waals surface area contributed by atoms with Crippen LogP contribution in [0.25, 0.3) is 10.9 Å². The first kappa shape index (κ1) is 8.98. The molecule has 1 aromatic carbocycles. The molecular weight excluding hydrogens is 184 g/mol. The highest BCUT2D eigenvalue weighted by atomic mass is 14.7. The fourth-order valence-electron chi connectivity index (χ4n) is 2.79. The highest BCUT2D eigenvalue weighted by Gasteiger charge is 2.22. The van der Waals surface area contributed by atoms with Crippen LogP contribution in [-0.4, -0.2) is 11.5 Å². The Kier molecular flexibility index (Phi) is 2.03. The van der Waals surface area contributed by atoms with E-state index in [0.29, 0.717) is 5.92 Å². The van der Waals surface area contributed by atoms with Crippen LogP contribution < -0.4 is 5.73 Å². The van der Waals surface area contributed by atoms with Crippen molar-refractivity contribution in [3.8, 4) is 0 Å². The highest BCUT2D eigenvalue weighted by Crippen LogP contribution is 2.36. The molecular formula is C13H16N2. The predicted octanol–water partition coefficient (Wildman–Crippen LogP) is 2.55. The van der Waals surface area contributed by atoms with Gasteiger partial charge < -0.3 is 10.7 Å². The number of hydrogen-bond donors (Lipinski definition) is 2. The topological polar surface area (TPSA) is 41.8 Å². The standard InChI is InChI=1S/C13H16N2/c14-8-9-4-3-7-12-13(9)10-5-1-2-6-11(10)15-12/h1-2,5-6,9,15H,3-4,7-8,14H2. The Labute approximate surface area is 89.5 Å². The van der Waals surface area contributed by atoms with Gasteiger partial charge in [-0.1, -0.05) is 18.2 Å². The quantitative estimate of drug-likeness (QED) is 0.729. The zero-order valence-electron chi connectivity index (χ0n) is 8.79. The molecule has 0 fully saturated rings. The van der Waals surface area contributed by atoms with Crippen LogP contribution in [0.3, 0.4) is 0 Å². The third-order valence-electron chi connectivity index (χ3n) is 3.50. The monoisotopic (exact) mass is 200 g/mol. The number of fused-ring (bicyclic) bond motifs is 3. The lowest BCUT2D eigenvalue weighted by molar-refractivity contribution is 0.560. The fraction of sp³-hybridized carbons (Fsp3) is 0.385. The van der Waals surface area contributed by atoms with Crippen LogP contribution in [0, 0.1) is 0 Å². The molecule has 3 rings (SSSR count). The molecule has 0 spiro atoms. The molecule has 0 aliphatic heterocycles. The van der Waals surface area contributed by atoms with E-state index in [1.54, 1.807) is 0 Å². The second-order valence-electron chi connectivity index (χ2n) is 4.39. The molecule has 0 amide bonds. The molecule has 1 atom stereocenters. The summed E-state index contributed by atoms with van der Waals surface area (Å²) < 4.78 is 0. The van der Waals surface area contributed by atoms with Gasteiger partial charge in [0.1, 0.15) is 0 Å². The summed E-state index contributed by atoms with van der Waals surface area (Å²) >= 11 is 0. The Morgan fingerprint density at radius 2 is 2.20 bits per heavy atom. The van der Waals surface area contributed by atoms with Crippen LogP contribution in [0.5, 0.6) is 0 Å². The molecule has 1 aliphatic carbocycles. The van der Waals surface area contributed by atoms with Gasteiger partial charge in [-0.25, -0.2) is 0 Å². The smallest absolute Gasteiger partial charge is 0.0459 e. The Balaban J connectivity index is 2.27. The zero-order valence-corrected chi connectivity index (χ0v) is 8.79. The van der Waals surface area contributed by atoms with Crippen molar-refractivity contribution in [3.05, 3.63) is 35.5 Å². The van der Waals surface area contributed by atoms with E-state index >= 15 is 0 Å². The first-order chi connectivity index (χ1) is 7.40. The van der Waals surface area contributed by atoms with Crippen LogP contribution in [0.4, 0.5) is 0 Å². The summed E-state index contributed by atoms with van der Waals surface area (Å²) in [5, 5.41) is 1.38. The van der Waals surface area contributed by atoms with Gasteiger partial charge in [0.15, 0.2) is 0 Å². The van der Waals surface area contributed by atoms with Crippen molar-refractivity contribution in [2.24, 2.45) is 5.73 Å². The number of benzene rings is 1. The number of aromatic amines is 1. The SMILES string of the molecule is NCC1CCCc2[nH]c3ccccc3c21. The average Bonchev–Trinajstić information content (AvgIpc) is 2.67. The minimum Gasteiger partial charge on any atom is -0.358 e. The molecule has 1 aliphatic rings. The third-order valence-corrected chi connectivity index (χ3v) is 3.50. The van der Waals surface area contributed by atoms with Crippen molar-refractivity contribution in [1.29, 1.82) is 0 Å². The number of H-pyrrole nitrogens is 1. The molecule has 0 saturated carbocycles. The lowest BCUT2D eigenvalue weighted by atomic mass is 9.85. The summed E-state index contributed by atoms with van der Waals surface area (Å²) in [5.74, 6) is 0.560. The number of aryl methyl sites for hydroxylation is 1. The number of nitrogens with two attached hydrogens (primary N) is 1. The summed E-state index contributed by atoms with van der Waals surface area (Å²) in [6, 6.07) is 8.56. The Bertz CT molecular complexity index is 484. The van der Waals surface area contributed by atoms with Crippen molar-refractivity contribution in [1.82, 2.24) is 4.98 Å². The Morgan fingerprint density at radius 1 is 1.33 bits per heavy atom. The molecule has 2 heteroatoms. The number of para-hydroxylation sites is 1. The lowest BCUT2D eigenvalue weighted by Crippen LogP contribution is -2.17. The maximum Gasteiger partial charge on any atom is 0.0459 e. The summed E-state index contributed by atoms with van der Waals surface area (Å²) in [6.45, 7) is 0.773. The lowest BCUT2D eigenvalue weighted by Gasteiger charge is -2.21. The number of hydrogen-bond acceptors (Lipinski definition) is 1. The summed E-state index contributed by atoms with van der Waals surface area (Å²) in [6.07, 6.45) is 3.69. The van der Waals surface area contributed by atoms with Gasteiger partial charge in [-0.2, -0.15) is 0 Å². The molecule has 2 aromatic rings. The highest BCUT2D eigenvalue weighted by molar-refractivity contribution is 5.85. The van der Waals surface area contributed by atoms with E-state index in [1.165, 1.54) is 41.4 Å². The fourth-order valence-corrected chi connectivity index (χ4v) is 2.79. The van der Waals surface area contributed by atoms with Gasteiger partial charge in [-0.15, -0.1) is 0 Å². The van der Waals surface area contributed by atoms with E-state index in [9.17, 15) is 0 Å². The Hall–Kier alpha value is -1.28. The number of nitrogens with one attached hydrogen (secondary N) is 1. The summed E-state index contributed by atoms with van der Waals surface area (Å²) in [4.78, 5) is 3.52. The van der Waals surface area contributed by atoms with Crippen LogP contribution in [0.1, 0.15) is 30.0 Å². The maximum absolute atomic E-state index is 5.85.